The van der Waals surface area contributed by atoms with Gasteiger partial charge in [0, 0.05) is 31.3 Å². The molecule has 0 radical (unpaired) electrons. The second-order valence-electron chi connectivity index (χ2n) is 4.04. The van der Waals surface area contributed by atoms with Crippen LogP contribution in [0.2, 0.25) is 0 Å². The van der Waals surface area contributed by atoms with Crippen molar-refractivity contribution in [1.29, 1.82) is 0 Å². The number of aliphatic hydroxyl groups excluding tert-OH is 1. The van der Waals surface area contributed by atoms with Crippen molar-refractivity contribution < 1.29 is 15.0 Å². The van der Waals surface area contributed by atoms with Gasteiger partial charge in [0.1, 0.15) is 0 Å². The quantitative estimate of drug-likeness (QED) is 0.616. The Morgan fingerprint density at radius 2 is 2.13 bits per heavy atom. The van der Waals surface area contributed by atoms with E-state index in [4.69, 9.17) is 10.2 Å². The molecule has 0 amide bonds. The van der Waals surface area contributed by atoms with Crippen molar-refractivity contribution >= 4 is 5.97 Å². The molecule has 0 aromatic rings. The number of carboxylic acids is 1. The van der Waals surface area contributed by atoms with Gasteiger partial charge in [0.15, 0.2) is 0 Å². The first-order valence-corrected chi connectivity index (χ1v) is 5.41. The molecule has 2 N–H and O–H groups in total. The molecule has 4 heteroatoms. The fourth-order valence-electron chi connectivity index (χ4n) is 1.73. The largest absolute Gasteiger partial charge is 0.478 e. The number of aliphatic carboxylic acids is 1. The summed E-state index contributed by atoms with van der Waals surface area (Å²) in [5.41, 5.74) is 0.236. The molecule has 0 aromatic carbocycles. The van der Waals surface area contributed by atoms with Crippen LogP contribution in [0, 0.1) is 0 Å². The third-order valence-electron chi connectivity index (χ3n) is 2.89. The Kier molecular flexibility index (Phi) is 4.78. The third-order valence-corrected chi connectivity index (χ3v) is 2.89. The van der Waals surface area contributed by atoms with E-state index in [1.807, 2.05) is 0 Å². The van der Waals surface area contributed by atoms with E-state index in [0.29, 0.717) is 19.0 Å². The first-order valence-electron chi connectivity index (χ1n) is 5.41. The Morgan fingerprint density at radius 3 is 2.53 bits per heavy atom. The van der Waals surface area contributed by atoms with Gasteiger partial charge < -0.3 is 10.2 Å². The van der Waals surface area contributed by atoms with Gasteiger partial charge in [-0.2, -0.15) is 0 Å². The molecule has 0 saturated heterocycles. The first-order chi connectivity index (χ1) is 7.15. The predicted molar refractivity (Wildman–Crippen MR) is 57.7 cm³/mol. The monoisotopic (exact) mass is 213 g/mol. The van der Waals surface area contributed by atoms with E-state index in [1.54, 1.807) is 0 Å². The van der Waals surface area contributed by atoms with E-state index >= 15 is 0 Å². The minimum Gasteiger partial charge on any atom is -0.478 e. The zero-order valence-corrected chi connectivity index (χ0v) is 8.98. The van der Waals surface area contributed by atoms with Gasteiger partial charge in [-0.25, -0.2) is 4.79 Å². The van der Waals surface area contributed by atoms with Gasteiger partial charge in [0.25, 0.3) is 0 Å². The Hall–Kier alpha value is -0.870. The second kappa shape index (κ2) is 5.88. The number of hydrogen-bond donors (Lipinski definition) is 2. The molecule has 1 saturated carbocycles. The number of carbonyl (C=O) groups is 1. The molecular formula is C11H19NO3. The van der Waals surface area contributed by atoms with Crippen molar-refractivity contribution in [3.63, 3.8) is 0 Å². The lowest BCUT2D eigenvalue weighted by atomic mass is 9.91. The summed E-state index contributed by atoms with van der Waals surface area (Å²) in [5, 5.41) is 17.5. The van der Waals surface area contributed by atoms with Crippen molar-refractivity contribution in [2.24, 2.45) is 0 Å². The normalized spacial score (nSPS) is 16.4. The number of carboxylic acid groups (broad SMARTS) is 1. The Morgan fingerprint density at radius 1 is 1.47 bits per heavy atom. The highest BCUT2D eigenvalue weighted by atomic mass is 16.4. The van der Waals surface area contributed by atoms with Crippen LogP contribution >= 0.6 is 0 Å². The van der Waals surface area contributed by atoms with Gasteiger partial charge in [0.2, 0.25) is 0 Å². The highest BCUT2D eigenvalue weighted by Gasteiger charge is 2.25. The number of nitrogens with zero attached hydrogens (tertiary/aromatic N) is 1. The van der Waals surface area contributed by atoms with Gasteiger partial charge in [0.05, 0.1) is 0 Å². The summed E-state index contributed by atoms with van der Waals surface area (Å²) in [6.07, 6.45) is 4.19. The lowest BCUT2D eigenvalue weighted by Gasteiger charge is -2.37. The molecule has 1 aliphatic carbocycles. The standard InChI is InChI=1S/C11H19NO3/c1-9(11(14)15)8-12(6-3-7-13)10-4-2-5-10/h10,13H,1-8H2,(H,14,15). The Labute approximate surface area is 90.2 Å². The van der Waals surface area contributed by atoms with E-state index in [0.717, 1.165) is 19.4 Å². The minimum atomic E-state index is -0.927. The smallest absolute Gasteiger partial charge is 0.332 e. The fourth-order valence-corrected chi connectivity index (χ4v) is 1.73. The highest BCUT2D eigenvalue weighted by Crippen LogP contribution is 2.25. The summed E-state index contributed by atoms with van der Waals surface area (Å²) in [4.78, 5) is 12.8. The van der Waals surface area contributed by atoms with Crippen molar-refractivity contribution in [3.8, 4) is 0 Å². The summed E-state index contributed by atoms with van der Waals surface area (Å²) >= 11 is 0. The van der Waals surface area contributed by atoms with Crippen LogP contribution in [0.15, 0.2) is 12.2 Å². The summed E-state index contributed by atoms with van der Waals surface area (Å²) in [5.74, 6) is -0.927. The third kappa shape index (κ3) is 3.64. The van der Waals surface area contributed by atoms with Gasteiger partial charge in [-0.1, -0.05) is 13.0 Å². The van der Waals surface area contributed by atoms with E-state index in [-0.39, 0.29) is 12.2 Å². The highest BCUT2D eigenvalue weighted by molar-refractivity contribution is 5.86. The van der Waals surface area contributed by atoms with E-state index in [1.165, 1.54) is 6.42 Å². The lowest BCUT2D eigenvalue weighted by molar-refractivity contribution is -0.133. The van der Waals surface area contributed by atoms with Gasteiger partial charge in [-0.05, 0) is 19.3 Å². The summed E-state index contributed by atoms with van der Waals surface area (Å²) in [6.45, 7) is 4.87. The molecule has 4 nitrogen and oxygen atoms in total. The van der Waals surface area contributed by atoms with Crippen LogP contribution < -0.4 is 0 Å². The maximum absolute atomic E-state index is 10.7. The molecule has 0 atom stereocenters. The molecule has 86 valence electrons. The van der Waals surface area contributed by atoms with Gasteiger partial charge >= 0.3 is 5.97 Å². The number of hydrogen-bond acceptors (Lipinski definition) is 3. The van der Waals surface area contributed by atoms with Crippen molar-refractivity contribution in [2.75, 3.05) is 19.7 Å². The molecule has 0 aromatic heterocycles. The Bertz CT molecular complexity index is 236. The van der Waals surface area contributed by atoms with Crippen molar-refractivity contribution in [1.82, 2.24) is 4.90 Å². The Balaban J connectivity index is 2.40. The average Bonchev–Trinajstić information content (AvgIpc) is 2.10. The molecule has 15 heavy (non-hydrogen) atoms. The van der Waals surface area contributed by atoms with Crippen LogP contribution in [0.1, 0.15) is 25.7 Å². The van der Waals surface area contributed by atoms with Crippen LogP contribution in [0.25, 0.3) is 0 Å². The maximum atomic E-state index is 10.7. The van der Waals surface area contributed by atoms with Crippen LogP contribution in [0.5, 0.6) is 0 Å². The zero-order chi connectivity index (χ0) is 11.3. The molecule has 1 fully saturated rings. The van der Waals surface area contributed by atoms with Crippen LogP contribution in [-0.2, 0) is 4.79 Å². The minimum absolute atomic E-state index is 0.156. The van der Waals surface area contributed by atoms with E-state index < -0.39 is 5.97 Å². The SMILES string of the molecule is C=C(CN(CCCO)C1CCC1)C(=O)O. The van der Waals surface area contributed by atoms with Crippen LogP contribution in [0.3, 0.4) is 0 Å². The first kappa shape index (κ1) is 12.2. The summed E-state index contributed by atoms with van der Waals surface area (Å²) in [7, 11) is 0. The molecule has 0 aliphatic heterocycles. The molecule has 0 heterocycles. The van der Waals surface area contributed by atoms with E-state index in [9.17, 15) is 4.79 Å². The second-order valence-corrected chi connectivity index (χ2v) is 4.04. The average molecular weight is 213 g/mol. The summed E-state index contributed by atoms with van der Waals surface area (Å²) in [6, 6.07) is 0.493. The fraction of sp³-hybridized carbons (Fsp3) is 0.727. The van der Waals surface area contributed by atoms with Crippen LogP contribution in [-0.4, -0.2) is 46.8 Å². The number of rotatable bonds is 7. The molecular weight excluding hydrogens is 194 g/mol. The van der Waals surface area contributed by atoms with Crippen molar-refractivity contribution in [2.45, 2.75) is 31.7 Å². The van der Waals surface area contributed by atoms with Crippen molar-refractivity contribution in [3.05, 3.63) is 12.2 Å². The maximum Gasteiger partial charge on any atom is 0.332 e. The zero-order valence-electron chi connectivity index (χ0n) is 8.98. The molecule has 1 rings (SSSR count). The van der Waals surface area contributed by atoms with Gasteiger partial charge in [-0.15, -0.1) is 0 Å². The predicted octanol–water partition coefficient (Wildman–Crippen LogP) is 0.864. The molecule has 0 unspecified atom stereocenters. The lowest BCUT2D eigenvalue weighted by Crippen LogP contribution is -2.42. The van der Waals surface area contributed by atoms with E-state index in [2.05, 4.69) is 11.5 Å². The molecule has 1 aliphatic rings. The topological polar surface area (TPSA) is 60.8 Å². The summed E-state index contributed by atoms with van der Waals surface area (Å²) < 4.78 is 0. The molecule has 0 bridgehead atoms. The van der Waals surface area contributed by atoms with Gasteiger partial charge in [-0.3, -0.25) is 4.90 Å². The molecule has 0 spiro atoms. The van der Waals surface area contributed by atoms with Crippen LogP contribution in [0.4, 0.5) is 0 Å². The number of aliphatic hydroxyl groups is 1.